The summed E-state index contributed by atoms with van der Waals surface area (Å²) in [5.74, 6) is 1.44. The van der Waals surface area contributed by atoms with Gasteiger partial charge in [-0.3, -0.25) is 14.0 Å². The number of halogens is 1. The number of nitrogen functional groups attached to an aromatic ring is 2. The molecule has 11 nitrogen and oxygen atoms in total. The molecule has 3 aliphatic rings. The van der Waals surface area contributed by atoms with Crippen molar-refractivity contribution in [1.29, 1.82) is 0 Å². The van der Waals surface area contributed by atoms with Gasteiger partial charge in [-0.05, 0) is 80.3 Å². The Bertz CT molecular complexity index is 1960. The number of hydrogen-bond donors (Lipinski definition) is 2. The van der Waals surface area contributed by atoms with Gasteiger partial charge in [-0.15, -0.1) is 0 Å². The second-order valence-electron chi connectivity index (χ2n) is 13.1. The highest BCUT2D eigenvalue weighted by atomic mass is 19.1. The van der Waals surface area contributed by atoms with Gasteiger partial charge in [0.25, 0.3) is 0 Å². The molecule has 5 heterocycles. The number of hydrogen-bond acceptors (Lipinski definition) is 9. The summed E-state index contributed by atoms with van der Waals surface area (Å²) >= 11 is 0. The van der Waals surface area contributed by atoms with E-state index in [1.165, 1.54) is 12.4 Å². The largest absolute Gasteiger partial charge is 0.457 e. The summed E-state index contributed by atoms with van der Waals surface area (Å²) < 4.78 is 23.8. The average molecular weight is 650 g/mol. The molecule has 8 rings (SSSR count). The van der Waals surface area contributed by atoms with Gasteiger partial charge in [0.15, 0.2) is 11.5 Å². The van der Waals surface area contributed by atoms with Gasteiger partial charge < -0.3 is 26.0 Å². The van der Waals surface area contributed by atoms with Gasteiger partial charge in [0.1, 0.15) is 29.2 Å². The van der Waals surface area contributed by atoms with Gasteiger partial charge in [-0.25, -0.2) is 19.2 Å². The molecule has 2 aromatic heterocycles. The van der Waals surface area contributed by atoms with Gasteiger partial charge in [0, 0.05) is 63.1 Å². The molecule has 0 bridgehead atoms. The lowest BCUT2D eigenvalue weighted by atomic mass is 9.95. The molecule has 0 unspecified atom stereocenters. The number of nitrogens with two attached hydrogens (primary N) is 2. The predicted octanol–water partition coefficient (Wildman–Crippen LogP) is 4.67. The molecule has 3 fully saturated rings. The molecular weight excluding hydrogens is 609 g/mol. The highest BCUT2D eigenvalue weighted by molar-refractivity contribution is 5.84. The number of benzene rings is 3. The zero-order chi connectivity index (χ0) is 32.8. The second-order valence-corrected chi connectivity index (χ2v) is 13.1. The molecule has 248 valence electrons. The molecule has 0 saturated carbocycles. The van der Waals surface area contributed by atoms with Crippen molar-refractivity contribution in [3.05, 3.63) is 95.4 Å². The maximum Gasteiger partial charge on any atom is 0.335 e. The van der Waals surface area contributed by atoms with Crippen molar-refractivity contribution in [3.63, 3.8) is 0 Å². The molecule has 12 heteroatoms. The topological polar surface area (TPSA) is 124 Å². The molecule has 3 aromatic carbocycles. The van der Waals surface area contributed by atoms with Crippen LogP contribution >= 0.6 is 0 Å². The highest BCUT2D eigenvalue weighted by Crippen LogP contribution is 2.33. The van der Waals surface area contributed by atoms with Crippen LogP contribution < -0.4 is 26.8 Å². The summed E-state index contributed by atoms with van der Waals surface area (Å²) in [4.78, 5) is 30.2. The summed E-state index contributed by atoms with van der Waals surface area (Å²) in [5.41, 5.74) is 14.8. The van der Waals surface area contributed by atoms with Gasteiger partial charge in [-0.1, -0.05) is 18.2 Å². The van der Waals surface area contributed by atoms with Gasteiger partial charge >= 0.3 is 5.69 Å². The number of likely N-dealkylation sites (tertiary alicyclic amines) is 2. The van der Waals surface area contributed by atoms with Crippen molar-refractivity contribution in [1.82, 2.24) is 28.9 Å². The summed E-state index contributed by atoms with van der Waals surface area (Å²) in [6.07, 6.45) is 5.38. The Labute approximate surface area is 278 Å². The SMILES string of the molecule is Nc1ccc(N2CC(N3CCC(N4CCC(n5c(=O)n(-c6ccc(Oc7ccccc7)cc6)c6c(N)ncnc65)CC4)CC3)C2)c(F)c1. The Balaban J connectivity index is 0.913. The fourth-order valence-electron chi connectivity index (χ4n) is 7.71. The van der Waals surface area contributed by atoms with E-state index in [1.54, 1.807) is 16.7 Å². The minimum atomic E-state index is -0.249. The summed E-state index contributed by atoms with van der Waals surface area (Å²) in [7, 11) is 0. The molecule has 0 amide bonds. The first-order valence-corrected chi connectivity index (χ1v) is 16.8. The van der Waals surface area contributed by atoms with E-state index in [1.807, 2.05) is 59.2 Å². The maximum atomic E-state index is 14.4. The van der Waals surface area contributed by atoms with Crippen molar-refractivity contribution >= 4 is 28.4 Å². The number of anilines is 3. The number of nitrogens with zero attached hydrogens (tertiary/aromatic N) is 7. The fourth-order valence-corrected chi connectivity index (χ4v) is 7.71. The number of ether oxygens (including phenoxy) is 1. The number of para-hydroxylation sites is 1. The maximum absolute atomic E-state index is 14.4. The molecule has 3 aliphatic heterocycles. The third-order valence-electron chi connectivity index (χ3n) is 10.3. The van der Waals surface area contributed by atoms with E-state index in [4.69, 9.17) is 16.2 Å². The summed E-state index contributed by atoms with van der Waals surface area (Å²) in [6, 6.07) is 23.0. The number of aromatic nitrogens is 4. The van der Waals surface area contributed by atoms with E-state index in [0.717, 1.165) is 70.7 Å². The minimum absolute atomic E-state index is 0.0160. The first-order valence-electron chi connectivity index (χ1n) is 16.8. The van der Waals surface area contributed by atoms with Crippen LogP contribution in [0, 0.1) is 5.82 Å². The van der Waals surface area contributed by atoms with E-state index in [2.05, 4.69) is 24.7 Å². The van der Waals surface area contributed by atoms with Crippen LogP contribution in [0.3, 0.4) is 0 Å². The third-order valence-corrected chi connectivity index (χ3v) is 10.3. The lowest BCUT2D eigenvalue weighted by molar-refractivity contribution is 0.0560. The molecule has 48 heavy (non-hydrogen) atoms. The van der Waals surface area contributed by atoms with Crippen molar-refractivity contribution < 1.29 is 9.13 Å². The van der Waals surface area contributed by atoms with Gasteiger partial charge in [-0.2, -0.15) is 0 Å². The Hall–Kier alpha value is -4.94. The molecule has 0 spiro atoms. The lowest BCUT2D eigenvalue weighted by Gasteiger charge is -2.50. The molecule has 0 radical (unpaired) electrons. The number of piperidine rings is 2. The van der Waals surface area contributed by atoms with Crippen LogP contribution in [0.1, 0.15) is 31.7 Å². The standard InChI is InChI=1S/C36H40FN9O2/c37-31-20-24(38)6-11-32(31)44-21-28(22-44)43-16-12-25(13-17-43)42-18-14-27(15-19-42)46-35-33(34(39)40-23-41-35)45(36(46)47)26-7-9-30(10-8-26)48-29-4-2-1-3-5-29/h1-11,20,23,25,27-28H,12-19,21-22,38H2,(H2,39,40,41). The van der Waals surface area contributed by atoms with E-state index in [9.17, 15) is 9.18 Å². The van der Waals surface area contributed by atoms with E-state index in [0.29, 0.717) is 46.1 Å². The van der Waals surface area contributed by atoms with Crippen LogP contribution in [0.5, 0.6) is 11.5 Å². The molecule has 3 saturated heterocycles. The first-order chi connectivity index (χ1) is 23.4. The van der Waals surface area contributed by atoms with Crippen molar-refractivity contribution in [3.8, 4) is 17.2 Å². The Morgan fingerprint density at radius 3 is 2.08 bits per heavy atom. The normalized spacial score (nSPS) is 18.7. The highest BCUT2D eigenvalue weighted by Gasteiger charge is 2.37. The smallest absolute Gasteiger partial charge is 0.335 e. The van der Waals surface area contributed by atoms with Crippen molar-refractivity contribution in [2.75, 3.05) is 55.6 Å². The predicted molar refractivity (Wildman–Crippen MR) is 185 cm³/mol. The van der Waals surface area contributed by atoms with Crippen LogP contribution in [0.15, 0.2) is 83.9 Å². The lowest BCUT2D eigenvalue weighted by Crippen LogP contribution is -2.62. The summed E-state index contributed by atoms with van der Waals surface area (Å²) in [5, 5.41) is 0. The molecule has 4 N–H and O–H groups in total. The average Bonchev–Trinajstić information content (AvgIpc) is 3.39. The van der Waals surface area contributed by atoms with E-state index < -0.39 is 0 Å². The molecular formula is C36H40FN9O2. The zero-order valence-electron chi connectivity index (χ0n) is 26.8. The molecule has 0 aliphatic carbocycles. The minimum Gasteiger partial charge on any atom is -0.457 e. The molecule has 5 aromatic rings. The zero-order valence-corrected chi connectivity index (χ0v) is 26.8. The quantitative estimate of drug-likeness (QED) is 0.242. The second kappa shape index (κ2) is 12.6. The Kier molecular flexibility index (Phi) is 7.97. The van der Waals surface area contributed by atoms with Crippen molar-refractivity contribution in [2.45, 2.75) is 43.8 Å². The summed E-state index contributed by atoms with van der Waals surface area (Å²) in [6.45, 7) is 5.64. The van der Waals surface area contributed by atoms with Crippen molar-refractivity contribution in [2.24, 2.45) is 0 Å². The first kappa shape index (κ1) is 30.4. The van der Waals surface area contributed by atoms with Gasteiger partial charge in [0.05, 0.1) is 11.4 Å². The van der Waals surface area contributed by atoms with Crippen LogP contribution in [0.2, 0.25) is 0 Å². The number of rotatable bonds is 7. The van der Waals surface area contributed by atoms with Crippen LogP contribution in [-0.4, -0.2) is 80.3 Å². The Morgan fingerprint density at radius 1 is 0.750 bits per heavy atom. The number of imidazole rings is 1. The van der Waals surface area contributed by atoms with E-state index in [-0.39, 0.29) is 23.4 Å². The molecule has 0 atom stereocenters. The Morgan fingerprint density at radius 2 is 1.40 bits per heavy atom. The third kappa shape index (κ3) is 5.64. The van der Waals surface area contributed by atoms with Crippen LogP contribution in [-0.2, 0) is 0 Å². The van der Waals surface area contributed by atoms with E-state index >= 15 is 0 Å². The van der Waals surface area contributed by atoms with Crippen LogP contribution in [0.4, 0.5) is 21.6 Å². The number of fused-ring (bicyclic) bond motifs is 1. The monoisotopic (exact) mass is 649 g/mol. The van der Waals surface area contributed by atoms with Gasteiger partial charge in [0.2, 0.25) is 0 Å². The van der Waals surface area contributed by atoms with Crippen LogP contribution in [0.25, 0.3) is 16.9 Å². The fraction of sp³-hybridized carbons (Fsp3) is 0.361.